The topological polar surface area (TPSA) is 29.3 Å². The Hall–Kier alpha value is -1.00. The minimum absolute atomic E-state index is 0.156. The molecule has 0 saturated heterocycles. The molecule has 0 amide bonds. The highest BCUT2D eigenvalue weighted by molar-refractivity contribution is 5.22. The van der Waals surface area contributed by atoms with E-state index < -0.39 is 11.6 Å². The first-order chi connectivity index (χ1) is 8.65. The van der Waals surface area contributed by atoms with Crippen molar-refractivity contribution in [3.05, 3.63) is 35.4 Å². The molecule has 0 aliphatic heterocycles. The van der Waals surface area contributed by atoms with E-state index in [9.17, 15) is 8.78 Å². The summed E-state index contributed by atoms with van der Waals surface area (Å²) in [7, 11) is 0. The fourth-order valence-corrected chi connectivity index (χ4v) is 2.35. The number of benzene rings is 1. The van der Waals surface area contributed by atoms with Crippen molar-refractivity contribution in [2.75, 3.05) is 19.6 Å². The molecular weight excluding hydrogens is 234 g/mol. The van der Waals surface area contributed by atoms with Crippen LogP contribution in [0.3, 0.4) is 0 Å². The molecule has 4 heteroatoms. The Morgan fingerprint density at radius 2 is 2.11 bits per heavy atom. The van der Waals surface area contributed by atoms with Crippen LogP contribution in [0.2, 0.25) is 0 Å². The fourth-order valence-electron chi connectivity index (χ4n) is 2.35. The number of likely N-dealkylation sites (N-methyl/N-ethyl adjacent to an activating group) is 1. The van der Waals surface area contributed by atoms with Crippen molar-refractivity contribution in [3.8, 4) is 0 Å². The third-order valence-electron chi connectivity index (χ3n) is 3.58. The molecular formula is C14H20F2N2. The Morgan fingerprint density at radius 1 is 1.39 bits per heavy atom. The third kappa shape index (κ3) is 3.06. The van der Waals surface area contributed by atoms with Gasteiger partial charge < -0.3 is 5.73 Å². The molecule has 1 atom stereocenters. The van der Waals surface area contributed by atoms with Gasteiger partial charge in [0.05, 0.1) is 0 Å². The van der Waals surface area contributed by atoms with E-state index in [1.807, 2.05) is 6.92 Å². The number of nitrogens with two attached hydrogens (primary N) is 1. The molecule has 18 heavy (non-hydrogen) atoms. The highest BCUT2D eigenvalue weighted by atomic mass is 19.1. The third-order valence-corrected chi connectivity index (χ3v) is 3.58. The molecule has 0 spiro atoms. The number of halogens is 2. The van der Waals surface area contributed by atoms with Crippen LogP contribution < -0.4 is 5.73 Å². The molecule has 1 fully saturated rings. The summed E-state index contributed by atoms with van der Waals surface area (Å²) in [6.07, 6.45) is 2.50. The van der Waals surface area contributed by atoms with Crippen molar-refractivity contribution in [1.29, 1.82) is 0 Å². The molecule has 100 valence electrons. The fraction of sp³-hybridized carbons (Fsp3) is 0.571. The van der Waals surface area contributed by atoms with Crippen LogP contribution in [0, 0.1) is 17.6 Å². The van der Waals surface area contributed by atoms with Crippen molar-refractivity contribution < 1.29 is 8.78 Å². The second kappa shape index (κ2) is 5.76. The molecule has 2 N–H and O–H groups in total. The lowest BCUT2D eigenvalue weighted by Crippen LogP contribution is -2.35. The zero-order valence-electron chi connectivity index (χ0n) is 10.7. The maximum absolute atomic E-state index is 13.8. The quantitative estimate of drug-likeness (QED) is 0.845. The van der Waals surface area contributed by atoms with Crippen LogP contribution in [0.25, 0.3) is 0 Å². The van der Waals surface area contributed by atoms with Gasteiger partial charge in [0.1, 0.15) is 11.6 Å². The Labute approximate surface area is 107 Å². The molecule has 2 rings (SSSR count). The van der Waals surface area contributed by atoms with E-state index in [4.69, 9.17) is 5.73 Å². The molecule has 1 unspecified atom stereocenters. The van der Waals surface area contributed by atoms with E-state index in [1.54, 1.807) is 0 Å². The van der Waals surface area contributed by atoms with Gasteiger partial charge in [-0.05, 0) is 31.4 Å². The molecule has 1 saturated carbocycles. The van der Waals surface area contributed by atoms with Gasteiger partial charge in [-0.25, -0.2) is 8.78 Å². The Morgan fingerprint density at radius 3 is 2.61 bits per heavy atom. The van der Waals surface area contributed by atoms with E-state index in [1.165, 1.54) is 25.0 Å². The first-order valence-electron chi connectivity index (χ1n) is 6.54. The van der Waals surface area contributed by atoms with Gasteiger partial charge >= 0.3 is 0 Å². The van der Waals surface area contributed by atoms with Gasteiger partial charge in [-0.15, -0.1) is 0 Å². The highest BCUT2D eigenvalue weighted by Gasteiger charge is 2.28. The maximum atomic E-state index is 13.8. The summed E-state index contributed by atoms with van der Waals surface area (Å²) in [4.78, 5) is 2.19. The number of hydrogen-bond acceptors (Lipinski definition) is 2. The van der Waals surface area contributed by atoms with Crippen molar-refractivity contribution in [1.82, 2.24) is 4.90 Å². The van der Waals surface area contributed by atoms with Crippen LogP contribution >= 0.6 is 0 Å². The molecule has 2 nitrogen and oxygen atoms in total. The number of hydrogen-bond donors (Lipinski definition) is 1. The first kappa shape index (κ1) is 13.4. The molecule has 0 bridgehead atoms. The standard InChI is InChI=1S/C14H20F2N2/c1-2-18(9-10-3-4-10)14(8-17)12-6-5-11(15)7-13(12)16/h5-7,10,14H,2-4,8-9,17H2,1H3. The number of rotatable bonds is 6. The van der Waals surface area contributed by atoms with Gasteiger partial charge in [0.2, 0.25) is 0 Å². The molecule has 0 heterocycles. The molecule has 1 aromatic carbocycles. The van der Waals surface area contributed by atoms with E-state index in [2.05, 4.69) is 4.90 Å². The predicted molar refractivity (Wildman–Crippen MR) is 68.1 cm³/mol. The van der Waals surface area contributed by atoms with Crippen LogP contribution in [0.15, 0.2) is 18.2 Å². The Kier molecular flexibility index (Phi) is 4.30. The molecule has 1 aromatic rings. The largest absolute Gasteiger partial charge is 0.329 e. The minimum Gasteiger partial charge on any atom is -0.329 e. The predicted octanol–water partition coefficient (Wildman–Crippen LogP) is 2.70. The van der Waals surface area contributed by atoms with Crippen molar-refractivity contribution >= 4 is 0 Å². The minimum atomic E-state index is -0.544. The lowest BCUT2D eigenvalue weighted by molar-refractivity contribution is 0.199. The van der Waals surface area contributed by atoms with Gasteiger partial charge in [-0.2, -0.15) is 0 Å². The molecule has 0 aromatic heterocycles. The average Bonchev–Trinajstić information content (AvgIpc) is 3.15. The first-order valence-corrected chi connectivity index (χ1v) is 6.54. The summed E-state index contributed by atoms with van der Waals surface area (Å²) in [6.45, 7) is 4.18. The average molecular weight is 254 g/mol. The zero-order valence-corrected chi connectivity index (χ0v) is 10.7. The van der Waals surface area contributed by atoms with E-state index >= 15 is 0 Å². The van der Waals surface area contributed by atoms with Crippen LogP contribution in [0.1, 0.15) is 31.4 Å². The van der Waals surface area contributed by atoms with Crippen LogP contribution in [0.5, 0.6) is 0 Å². The summed E-state index contributed by atoms with van der Waals surface area (Å²) >= 11 is 0. The smallest absolute Gasteiger partial charge is 0.130 e. The lowest BCUT2D eigenvalue weighted by atomic mass is 10.0. The Balaban J connectivity index is 2.18. The van der Waals surface area contributed by atoms with Gasteiger partial charge in [-0.1, -0.05) is 13.0 Å². The van der Waals surface area contributed by atoms with Crippen LogP contribution in [-0.4, -0.2) is 24.5 Å². The highest BCUT2D eigenvalue weighted by Crippen LogP contribution is 2.33. The van der Waals surface area contributed by atoms with E-state index in [-0.39, 0.29) is 6.04 Å². The zero-order chi connectivity index (χ0) is 13.1. The van der Waals surface area contributed by atoms with E-state index in [0.717, 1.165) is 25.1 Å². The summed E-state index contributed by atoms with van der Waals surface area (Å²) in [5, 5.41) is 0. The molecule has 1 aliphatic carbocycles. The summed E-state index contributed by atoms with van der Waals surface area (Å²) in [5.74, 6) is -0.320. The van der Waals surface area contributed by atoms with Crippen molar-refractivity contribution in [2.24, 2.45) is 11.7 Å². The van der Waals surface area contributed by atoms with E-state index in [0.29, 0.717) is 12.1 Å². The SMILES string of the molecule is CCN(CC1CC1)C(CN)c1ccc(F)cc1F. The molecule has 1 aliphatic rings. The maximum Gasteiger partial charge on any atom is 0.130 e. The van der Waals surface area contributed by atoms with Crippen molar-refractivity contribution in [2.45, 2.75) is 25.8 Å². The second-order valence-electron chi connectivity index (χ2n) is 4.95. The van der Waals surface area contributed by atoms with Gasteiger partial charge in [0.25, 0.3) is 0 Å². The summed E-state index contributed by atoms with van der Waals surface area (Å²) in [6, 6.07) is 3.59. The summed E-state index contributed by atoms with van der Waals surface area (Å²) < 4.78 is 26.7. The number of nitrogens with zero attached hydrogens (tertiary/aromatic N) is 1. The van der Waals surface area contributed by atoms with Crippen molar-refractivity contribution in [3.63, 3.8) is 0 Å². The molecule has 0 radical (unpaired) electrons. The Bertz CT molecular complexity index is 405. The summed E-state index contributed by atoms with van der Waals surface area (Å²) in [5.41, 5.74) is 6.28. The normalized spacial score (nSPS) is 17.2. The van der Waals surface area contributed by atoms with Gasteiger partial charge in [-0.3, -0.25) is 4.90 Å². The van der Waals surface area contributed by atoms with Gasteiger partial charge in [0, 0.05) is 30.8 Å². The monoisotopic (exact) mass is 254 g/mol. The van der Waals surface area contributed by atoms with Gasteiger partial charge in [0.15, 0.2) is 0 Å². The van der Waals surface area contributed by atoms with Crippen LogP contribution in [-0.2, 0) is 0 Å². The second-order valence-corrected chi connectivity index (χ2v) is 4.95. The lowest BCUT2D eigenvalue weighted by Gasteiger charge is -2.30. The van der Waals surface area contributed by atoms with Crippen LogP contribution in [0.4, 0.5) is 8.78 Å².